The van der Waals surface area contributed by atoms with Crippen LogP contribution >= 0.6 is 11.3 Å². The number of rotatable bonds is 1. The predicted octanol–water partition coefficient (Wildman–Crippen LogP) is 5.12. The summed E-state index contributed by atoms with van der Waals surface area (Å²) in [7, 11) is 0. The van der Waals surface area contributed by atoms with Gasteiger partial charge in [0.2, 0.25) is 0 Å². The van der Waals surface area contributed by atoms with E-state index in [1.54, 1.807) is 0 Å². The summed E-state index contributed by atoms with van der Waals surface area (Å²) in [6, 6.07) is 2.27. The van der Waals surface area contributed by atoms with Crippen molar-refractivity contribution in [1.29, 1.82) is 5.26 Å². The molecular formula is C18H26N2O2S. The first-order chi connectivity index (χ1) is 10.5. The highest BCUT2D eigenvalue weighted by molar-refractivity contribution is 7.16. The molecule has 1 aromatic rings. The van der Waals surface area contributed by atoms with E-state index >= 15 is 0 Å². The molecule has 0 saturated heterocycles. The fraction of sp³-hybridized carbons (Fsp3) is 0.667. The van der Waals surface area contributed by atoms with Crippen LogP contribution < -0.4 is 5.32 Å². The van der Waals surface area contributed by atoms with Gasteiger partial charge in [0.05, 0.1) is 5.56 Å². The fourth-order valence-electron chi connectivity index (χ4n) is 2.93. The molecule has 1 amide bonds. The smallest absolute Gasteiger partial charge is 0.412 e. The van der Waals surface area contributed by atoms with Gasteiger partial charge in [0.15, 0.2) is 0 Å². The monoisotopic (exact) mass is 334 g/mol. The molecule has 5 heteroatoms. The minimum Gasteiger partial charge on any atom is -0.444 e. The maximum Gasteiger partial charge on any atom is 0.412 e. The van der Waals surface area contributed by atoms with Gasteiger partial charge in [-0.1, -0.05) is 20.8 Å². The zero-order valence-electron chi connectivity index (χ0n) is 14.9. The first-order valence-electron chi connectivity index (χ1n) is 8.06. The number of fused-ring (bicyclic) bond motifs is 1. The van der Waals surface area contributed by atoms with Gasteiger partial charge in [-0.3, -0.25) is 5.32 Å². The SMILES string of the molecule is CC(C)(C)OC(=O)Nc1sc2c(c1C#N)CCC(C(C)(C)C)C2. The number of carbonyl (C=O) groups excluding carboxylic acids is 1. The van der Waals surface area contributed by atoms with Gasteiger partial charge in [-0.05, 0) is 56.9 Å². The molecule has 126 valence electrons. The molecule has 0 aliphatic heterocycles. The Hall–Kier alpha value is -1.54. The van der Waals surface area contributed by atoms with Crippen molar-refractivity contribution in [2.45, 2.75) is 66.4 Å². The van der Waals surface area contributed by atoms with Crippen LogP contribution in [-0.4, -0.2) is 11.7 Å². The standard InChI is InChI=1S/C18H26N2O2S/c1-17(2,3)11-7-8-12-13(10-19)15(23-14(12)9-11)20-16(21)22-18(4,5)6/h11H,7-9H2,1-6H3,(H,20,21). The first kappa shape index (κ1) is 17.8. The second kappa shape index (κ2) is 6.16. The van der Waals surface area contributed by atoms with E-state index < -0.39 is 11.7 Å². The summed E-state index contributed by atoms with van der Waals surface area (Å²) < 4.78 is 5.30. The Morgan fingerprint density at radius 1 is 1.30 bits per heavy atom. The molecule has 1 unspecified atom stereocenters. The van der Waals surface area contributed by atoms with Gasteiger partial charge in [-0.25, -0.2) is 4.79 Å². The van der Waals surface area contributed by atoms with Crippen molar-refractivity contribution in [1.82, 2.24) is 0 Å². The van der Waals surface area contributed by atoms with Gasteiger partial charge < -0.3 is 4.74 Å². The minimum absolute atomic E-state index is 0.257. The fourth-order valence-corrected chi connectivity index (χ4v) is 4.19. The second-order valence-corrected chi connectivity index (χ2v) is 9.36. The molecular weight excluding hydrogens is 308 g/mol. The highest BCUT2D eigenvalue weighted by Crippen LogP contribution is 2.44. The molecule has 1 N–H and O–H groups in total. The van der Waals surface area contributed by atoms with Crippen LogP contribution in [0.1, 0.15) is 64.0 Å². The van der Waals surface area contributed by atoms with Gasteiger partial charge in [-0.2, -0.15) is 5.26 Å². The Labute approximate surface area is 142 Å². The molecule has 1 atom stereocenters. The predicted molar refractivity (Wildman–Crippen MR) is 93.9 cm³/mol. The number of anilines is 1. The Kier molecular flexibility index (Phi) is 4.77. The normalized spacial score (nSPS) is 18.0. The molecule has 1 aliphatic rings. The lowest BCUT2D eigenvalue weighted by atomic mass is 9.72. The minimum atomic E-state index is -0.550. The van der Waals surface area contributed by atoms with Crippen molar-refractivity contribution >= 4 is 22.4 Å². The van der Waals surface area contributed by atoms with Gasteiger partial charge >= 0.3 is 6.09 Å². The number of nitrogens with zero attached hydrogens (tertiary/aromatic N) is 1. The van der Waals surface area contributed by atoms with Crippen LogP contribution in [0.5, 0.6) is 0 Å². The molecule has 0 fully saturated rings. The Morgan fingerprint density at radius 3 is 2.48 bits per heavy atom. The first-order valence-corrected chi connectivity index (χ1v) is 8.87. The Morgan fingerprint density at radius 2 is 1.96 bits per heavy atom. The molecule has 2 rings (SSSR count). The van der Waals surface area contributed by atoms with Crippen LogP contribution in [0.4, 0.5) is 9.80 Å². The largest absolute Gasteiger partial charge is 0.444 e. The molecule has 1 heterocycles. The third-order valence-corrected chi connectivity index (χ3v) is 5.39. The van der Waals surface area contributed by atoms with E-state index in [1.807, 2.05) is 20.8 Å². The number of nitrogens with one attached hydrogen (secondary N) is 1. The molecule has 0 aromatic carbocycles. The third kappa shape index (κ3) is 4.26. The molecule has 0 radical (unpaired) electrons. The topological polar surface area (TPSA) is 62.1 Å². The maximum atomic E-state index is 12.0. The number of hydrogen-bond acceptors (Lipinski definition) is 4. The number of thiophene rings is 1. The molecule has 23 heavy (non-hydrogen) atoms. The van der Waals surface area contributed by atoms with Crippen LogP contribution in [0.2, 0.25) is 0 Å². The molecule has 0 spiro atoms. The Balaban J connectivity index is 2.23. The van der Waals surface area contributed by atoms with Crippen LogP contribution in [0.3, 0.4) is 0 Å². The lowest BCUT2D eigenvalue weighted by Crippen LogP contribution is -2.27. The number of hydrogen-bond donors (Lipinski definition) is 1. The average molecular weight is 334 g/mol. The van der Waals surface area contributed by atoms with Gasteiger partial charge in [0, 0.05) is 4.88 Å². The van der Waals surface area contributed by atoms with Crippen LogP contribution in [0.25, 0.3) is 0 Å². The lowest BCUT2D eigenvalue weighted by molar-refractivity contribution is 0.0636. The number of amides is 1. The van der Waals surface area contributed by atoms with E-state index in [4.69, 9.17) is 4.74 Å². The maximum absolute atomic E-state index is 12.0. The second-order valence-electron chi connectivity index (χ2n) is 8.25. The molecule has 1 aliphatic carbocycles. The summed E-state index contributed by atoms with van der Waals surface area (Å²) in [4.78, 5) is 13.2. The van der Waals surface area contributed by atoms with Gasteiger partial charge in [0.25, 0.3) is 0 Å². The molecule has 4 nitrogen and oxygen atoms in total. The van der Waals surface area contributed by atoms with Crippen molar-refractivity contribution in [3.05, 3.63) is 16.0 Å². The van der Waals surface area contributed by atoms with Crippen molar-refractivity contribution in [3.63, 3.8) is 0 Å². The molecule has 0 bridgehead atoms. The molecule has 1 aromatic heterocycles. The van der Waals surface area contributed by atoms with Crippen LogP contribution in [0.15, 0.2) is 0 Å². The highest BCUT2D eigenvalue weighted by Gasteiger charge is 2.32. The average Bonchev–Trinajstić information content (AvgIpc) is 2.70. The summed E-state index contributed by atoms with van der Waals surface area (Å²) in [6.45, 7) is 12.3. The summed E-state index contributed by atoms with van der Waals surface area (Å²) in [6.07, 6.45) is 2.48. The van der Waals surface area contributed by atoms with E-state index in [9.17, 15) is 10.1 Å². The van der Waals surface area contributed by atoms with Crippen LogP contribution in [0, 0.1) is 22.7 Å². The lowest BCUT2D eigenvalue weighted by Gasteiger charge is -2.33. The number of ether oxygens (including phenoxy) is 1. The van der Waals surface area contributed by atoms with Crippen molar-refractivity contribution in [2.24, 2.45) is 11.3 Å². The van der Waals surface area contributed by atoms with E-state index in [2.05, 4.69) is 32.2 Å². The summed E-state index contributed by atoms with van der Waals surface area (Å²) >= 11 is 1.53. The van der Waals surface area contributed by atoms with E-state index in [0.29, 0.717) is 16.5 Å². The van der Waals surface area contributed by atoms with Crippen molar-refractivity contribution in [2.75, 3.05) is 5.32 Å². The number of carbonyl (C=O) groups is 1. The Bertz CT molecular complexity index is 642. The van der Waals surface area contributed by atoms with Gasteiger partial charge in [0.1, 0.15) is 16.7 Å². The quantitative estimate of drug-likeness (QED) is 0.775. The summed E-state index contributed by atoms with van der Waals surface area (Å²) in [5.41, 5.74) is 1.44. The zero-order valence-corrected chi connectivity index (χ0v) is 15.7. The van der Waals surface area contributed by atoms with Crippen LogP contribution in [-0.2, 0) is 17.6 Å². The highest BCUT2D eigenvalue weighted by atomic mass is 32.1. The van der Waals surface area contributed by atoms with E-state index in [-0.39, 0.29) is 5.41 Å². The van der Waals surface area contributed by atoms with Crippen molar-refractivity contribution in [3.8, 4) is 6.07 Å². The zero-order chi connectivity index (χ0) is 17.4. The molecule has 0 saturated carbocycles. The van der Waals surface area contributed by atoms with E-state index in [1.165, 1.54) is 16.2 Å². The number of nitriles is 1. The van der Waals surface area contributed by atoms with E-state index in [0.717, 1.165) is 24.8 Å². The van der Waals surface area contributed by atoms with Crippen molar-refractivity contribution < 1.29 is 9.53 Å². The third-order valence-electron chi connectivity index (χ3n) is 4.22. The summed E-state index contributed by atoms with van der Waals surface area (Å²) in [5.74, 6) is 0.606. The summed E-state index contributed by atoms with van der Waals surface area (Å²) in [5, 5.41) is 12.9. The van der Waals surface area contributed by atoms with Gasteiger partial charge in [-0.15, -0.1) is 11.3 Å².